The molecule has 2 N–H and O–H groups in total. The fourth-order valence-electron chi connectivity index (χ4n) is 1.35. The van der Waals surface area contributed by atoms with E-state index in [1.165, 1.54) is 7.11 Å². The predicted molar refractivity (Wildman–Crippen MR) is 68.7 cm³/mol. The average Bonchev–Trinajstić information content (AvgIpc) is 2.29. The van der Waals surface area contributed by atoms with Crippen LogP contribution >= 0.6 is 11.6 Å². The molecular weight excluding hydrogens is 262 g/mol. The van der Waals surface area contributed by atoms with Gasteiger partial charge in [-0.15, -0.1) is 0 Å². The third-order valence-corrected chi connectivity index (χ3v) is 4.22. The Morgan fingerprint density at radius 2 is 2.12 bits per heavy atom. The molecule has 0 fully saturated rings. The van der Waals surface area contributed by atoms with Crippen molar-refractivity contribution in [3.63, 3.8) is 0 Å². The normalized spacial score (nSPS) is 11.7. The highest BCUT2D eigenvalue weighted by atomic mass is 35.5. The topological polar surface area (TPSA) is 69.4 Å². The molecule has 0 unspecified atom stereocenters. The first-order chi connectivity index (χ1) is 7.98. The minimum atomic E-state index is -3.18. The second-order valence-electron chi connectivity index (χ2n) is 3.71. The van der Waals surface area contributed by atoms with E-state index in [0.29, 0.717) is 17.1 Å². The minimum absolute atomic E-state index is 0.00152. The Labute approximate surface area is 107 Å². The monoisotopic (exact) mass is 277 g/mol. The molecule has 1 aromatic rings. The summed E-state index contributed by atoms with van der Waals surface area (Å²) in [6.07, 6.45) is 0. The molecule has 0 radical (unpaired) electrons. The van der Waals surface area contributed by atoms with Crippen LogP contribution in [0.2, 0.25) is 5.02 Å². The molecule has 4 nitrogen and oxygen atoms in total. The highest BCUT2D eigenvalue weighted by Crippen LogP contribution is 2.20. The molecule has 0 amide bonds. The average molecular weight is 278 g/mol. The van der Waals surface area contributed by atoms with Crippen molar-refractivity contribution >= 4 is 21.4 Å². The van der Waals surface area contributed by atoms with Crippen molar-refractivity contribution in [1.82, 2.24) is 0 Å². The van der Waals surface area contributed by atoms with E-state index < -0.39 is 9.84 Å². The van der Waals surface area contributed by atoms with E-state index in [1.54, 1.807) is 18.2 Å². The highest BCUT2D eigenvalue weighted by molar-refractivity contribution is 7.90. The summed E-state index contributed by atoms with van der Waals surface area (Å²) in [4.78, 5) is 0. The van der Waals surface area contributed by atoms with Crippen LogP contribution in [0.1, 0.15) is 11.1 Å². The number of benzene rings is 1. The van der Waals surface area contributed by atoms with Crippen LogP contribution in [0.5, 0.6) is 0 Å². The van der Waals surface area contributed by atoms with Gasteiger partial charge >= 0.3 is 0 Å². The molecule has 0 atom stereocenters. The van der Waals surface area contributed by atoms with Crippen molar-refractivity contribution < 1.29 is 13.2 Å². The standard InChI is InChI=1S/C11H16ClNO3S/c1-16-4-5-17(14,15)8-10-3-2-9(7-13)6-11(10)12/h2-3,6H,4-5,7-8,13H2,1H3. The first-order valence-corrected chi connectivity index (χ1v) is 7.35. The van der Waals surface area contributed by atoms with Gasteiger partial charge in [-0.2, -0.15) is 0 Å². The SMILES string of the molecule is COCCS(=O)(=O)Cc1ccc(CN)cc1Cl. The molecule has 0 aromatic heterocycles. The summed E-state index contributed by atoms with van der Waals surface area (Å²) >= 11 is 6.00. The van der Waals surface area contributed by atoms with Crippen LogP contribution in [0.4, 0.5) is 0 Å². The van der Waals surface area contributed by atoms with Crippen LogP contribution in [-0.4, -0.2) is 27.9 Å². The zero-order valence-electron chi connectivity index (χ0n) is 9.65. The molecule has 0 heterocycles. The highest BCUT2D eigenvalue weighted by Gasteiger charge is 2.14. The third-order valence-electron chi connectivity index (χ3n) is 2.33. The molecule has 0 aliphatic carbocycles. The molecule has 0 bridgehead atoms. The largest absolute Gasteiger partial charge is 0.384 e. The lowest BCUT2D eigenvalue weighted by Gasteiger charge is -2.07. The van der Waals surface area contributed by atoms with Gasteiger partial charge in [-0.3, -0.25) is 0 Å². The maximum absolute atomic E-state index is 11.7. The number of methoxy groups -OCH3 is 1. The van der Waals surface area contributed by atoms with Crippen molar-refractivity contribution in [2.24, 2.45) is 5.73 Å². The zero-order chi connectivity index (χ0) is 12.9. The summed E-state index contributed by atoms with van der Waals surface area (Å²) < 4.78 is 28.2. The summed E-state index contributed by atoms with van der Waals surface area (Å²) in [6, 6.07) is 5.19. The number of halogens is 1. The second-order valence-corrected chi connectivity index (χ2v) is 6.31. The van der Waals surface area contributed by atoms with Gasteiger partial charge < -0.3 is 10.5 Å². The van der Waals surface area contributed by atoms with Gasteiger partial charge in [-0.1, -0.05) is 23.7 Å². The van der Waals surface area contributed by atoms with E-state index in [4.69, 9.17) is 22.1 Å². The van der Waals surface area contributed by atoms with Crippen molar-refractivity contribution in [1.29, 1.82) is 0 Å². The van der Waals surface area contributed by atoms with Gasteiger partial charge in [0.15, 0.2) is 9.84 Å². The van der Waals surface area contributed by atoms with Gasteiger partial charge in [0.25, 0.3) is 0 Å². The van der Waals surface area contributed by atoms with E-state index in [0.717, 1.165) is 5.56 Å². The maximum atomic E-state index is 11.7. The van der Waals surface area contributed by atoms with Crippen LogP contribution in [0.3, 0.4) is 0 Å². The molecule has 0 spiro atoms. The molecule has 0 aliphatic rings. The van der Waals surface area contributed by atoms with Gasteiger partial charge in [0, 0.05) is 18.7 Å². The van der Waals surface area contributed by atoms with E-state index in [9.17, 15) is 8.42 Å². The van der Waals surface area contributed by atoms with Crippen LogP contribution < -0.4 is 5.73 Å². The summed E-state index contributed by atoms with van der Waals surface area (Å²) in [6.45, 7) is 0.581. The number of hydrogen-bond acceptors (Lipinski definition) is 4. The number of hydrogen-bond donors (Lipinski definition) is 1. The van der Waals surface area contributed by atoms with Crippen LogP contribution in [-0.2, 0) is 26.9 Å². The Morgan fingerprint density at radius 3 is 2.65 bits per heavy atom. The Bertz CT molecular complexity index is 474. The fourth-order valence-corrected chi connectivity index (χ4v) is 2.99. The van der Waals surface area contributed by atoms with E-state index in [-0.39, 0.29) is 18.1 Å². The van der Waals surface area contributed by atoms with Crippen LogP contribution in [0, 0.1) is 0 Å². The summed E-state index contributed by atoms with van der Waals surface area (Å²) in [5.74, 6) is -0.0709. The number of rotatable bonds is 6. The molecular formula is C11H16ClNO3S. The van der Waals surface area contributed by atoms with Gasteiger partial charge in [0.05, 0.1) is 18.1 Å². The Balaban J connectivity index is 2.81. The van der Waals surface area contributed by atoms with Crippen molar-refractivity contribution in [3.05, 3.63) is 34.3 Å². The van der Waals surface area contributed by atoms with Crippen molar-refractivity contribution in [2.75, 3.05) is 19.5 Å². The van der Waals surface area contributed by atoms with Crippen molar-refractivity contribution in [3.8, 4) is 0 Å². The van der Waals surface area contributed by atoms with Gasteiger partial charge in [0.2, 0.25) is 0 Å². The lowest BCUT2D eigenvalue weighted by atomic mass is 10.1. The van der Waals surface area contributed by atoms with E-state index >= 15 is 0 Å². The minimum Gasteiger partial charge on any atom is -0.384 e. The summed E-state index contributed by atoms with van der Waals surface area (Å²) in [7, 11) is -1.71. The second kappa shape index (κ2) is 6.35. The predicted octanol–water partition coefficient (Wildman–Crippen LogP) is 1.36. The molecule has 0 saturated carbocycles. The first-order valence-electron chi connectivity index (χ1n) is 5.15. The van der Waals surface area contributed by atoms with E-state index in [2.05, 4.69) is 0 Å². The number of sulfone groups is 1. The van der Waals surface area contributed by atoms with Gasteiger partial charge in [0.1, 0.15) is 0 Å². The fraction of sp³-hybridized carbons (Fsp3) is 0.455. The van der Waals surface area contributed by atoms with Crippen molar-refractivity contribution in [2.45, 2.75) is 12.3 Å². The molecule has 17 heavy (non-hydrogen) atoms. The lowest BCUT2D eigenvalue weighted by Crippen LogP contribution is -2.13. The molecule has 0 aliphatic heterocycles. The first kappa shape index (κ1) is 14.4. The van der Waals surface area contributed by atoms with Gasteiger partial charge in [-0.25, -0.2) is 8.42 Å². The Hall–Kier alpha value is -0.620. The molecule has 96 valence electrons. The maximum Gasteiger partial charge on any atom is 0.156 e. The molecule has 6 heteroatoms. The summed E-state index contributed by atoms with van der Waals surface area (Å²) in [5, 5.41) is 0.439. The third kappa shape index (κ3) is 4.63. The van der Waals surface area contributed by atoms with E-state index in [1.807, 2.05) is 0 Å². The lowest BCUT2D eigenvalue weighted by molar-refractivity contribution is 0.217. The van der Waals surface area contributed by atoms with Crippen LogP contribution in [0.25, 0.3) is 0 Å². The number of nitrogens with two attached hydrogens (primary N) is 1. The van der Waals surface area contributed by atoms with Gasteiger partial charge in [-0.05, 0) is 17.2 Å². The smallest absolute Gasteiger partial charge is 0.156 e. The number of ether oxygens (including phenoxy) is 1. The quantitative estimate of drug-likeness (QED) is 0.852. The summed E-state index contributed by atoms with van der Waals surface area (Å²) in [5.41, 5.74) is 6.95. The Kier molecular flexibility index (Phi) is 5.39. The molecule has 1 rings (SSSR count). The van der Waals surface area contributed by atoms with Crippen LogP contribution in [0.15, 0.2) is 18.2 Å². The Morgan fingerprint density at radius 1 is 1.41 bits per heavy atom. The zero-order valence-corrected chi connectivity index (χ0v) is 11.2. The molecule has 0 saturated heterocycles. The molecule has 1 aromatic carbocycles.